The molecule has 0 N–H and O–H groups in total. The maximum atomic E-state index is 2.33. The highest BCUT2D eigenvalue weighted by molar-refractivity contribution is 5.93. The van der Waals surface area contributed by atoms with Gasteiger partial charge in [0.2, 0.25) is 0 Å². The number of benzene rings is 8. The highest BCUT2D eigenvalue weighted by atomic mass is 14.1. The van der Waals surface area contributed by atoms with E-state index in [4.69, 9.17) is 0 Å². The molecule has 0 heteroatoms. The van der Waals surface area contributed by atoms with Gasteiger partial charge in [-0.15, -0.1) is 0 Å². The van der Waals surface area contributed by atoms with Crippen molar-refractivity contribution in [2.75, 3.05) is 0 Å². The largest absolute Gasteiger partial charge is 0.0622 e. The number of hydrogen-bond acceptors (Lipinski definition) is 0. The Balaban J connectivity index is 1.21. The summed E-state index contributed by atoms with van der Waals surface area (Å²) in [6, 6.07) is 70.2. The van der Waals surface area contributed by atoms with Gasteiger partial charge in [-0.2, -0.15) is 0 Å². The molecule has 0 fully saturated rings. The van der Waals surface area contributed by atoms with Gasteiger partial charge in [-0.3, -0.25) is 0 Å². The van der Waals surface area contributed by atoms with Crippen molar-refractivity contribution in [2.24, 2.45) is 0 Å². The average molecular weight is 585 g/mol. The molecule has 0 radical (unpaired) electrons. The summed E-state index contributed by atoms with van der Waals surface area (Å²) in [5, 5.41) is 2.46. The van der Waals surface area contributed by atoms with Crippen LogP contribution in [0.4, 0.5) is 0 Å². The maximum Gasteiger partial charge on any atom is -0.0171 e. The topological polar surface area (TPSA) is 0 Å². The molecule has 0 heterocycles. The molecule has 0 unspecified atom stereocenters. The Morgan fingerprint density at radius 2 is 0.391 bits per heavy atom. The third-order valence-electron chi connectivity index (χ3n) is 8.80. The van der Waals surface area contributed by atoms with Crippen LogP contribution in [0.15, 0.2) is 194 Å². The smallest absolute Gasteiger partial charge is 0.0171 e. The Morgan fingerprint density at radius 1 is 0.152 bits per heavy atom. The molecule has 0 aliphatic heterocycles. The molecule has 8 aromatic carbocycles. The highest BCUT2D eigenvalue weighted by Crippen LogP contribution is 2.37. The monoisotopic (exact) mass is 584 g/mol. The van der Waals surface area contributed by atoms with Crippen molar-refractivity contribution in [2.45, 2.75) is 0 Å². The summed E-state index contributed by atoms with van der Waals surface area (Å²) in [6.07, 6.45) is 0. The van der Waals surface area contributed by atoms with Crippen molar-refractivity contribution < 1.29 is 0 Å². The molecular formula is C46H32. The lowest BCUT2D eigenvalue weighted by molar-refractivity contribution is 1.56. The van der Waals surface area contributed by atoms with E-state index in [-0.39, 0.29) is 0 Å². The fourth-order valence-electron chi connectivity index (χ4n) is 6.38. The van der Waals surface area contributed by atoms with Crippen LogP contribution in [0.5, 0.6) is 0 Å². The van der Waals surface area contributed by atoms with Crippen molar-refractivity contribution in [1.82, 2.24) is 0 Å². The zero-order chi connectivity index (χ0) is 30.7. The van der Waals surface area contributed by atoms with Crippen LogP contribution in [-0.2, 0) is 0 Å². The van der Waals surface area contributed by atoms with Gasteiger partial charge in [0.15, 0.2) is 0 Å². The van der Waals surface area contributed by atoms with Crippen LogP contribution in [0.3, 0.4) is 0 Å². The average Bonchev–Trinajstić information content (AvgIpc) is 3.15. The fourth-order valence-corrected chi connectivity index (χ4v) is 6.38. The number of fused-ring (bicyclic) bond motifs is 1. The molecule has 46 heavy (non-hydrogen) atoms. The van der Waals surface area contributed by atoms with Gasteiger partial charge in [0.05, 0.1) is 0 Å². The quantitative estimate of drug-likeness (QED) is 0.182. The summed E-state index contributed by atoms with van der Waals surface area (Å²) in [5.41, 5.74) is 14.6. The van der Waals surface area contributed by atoms with Gasteiger partial charge in [0.25, 0.3) is 0 Å². The molecule has 0 aromatic heterocycles. The SMILES string of the molecule is c1ccc(-c2cc(-c3ccccc3)cc(-c3ccc4cc(-c5cc(-c6ccccc6)cc(-c6ccccc6)c5)ccc4c3)c2)cc1. The Hall–Kier alpha value is -5.98. The third kappa shape index (κ3) is 5.65. The lowest BCUT2D eigenvalue weighted by Crippen LogP contribution is -1.88. The van der Waals surface area contributed by atoms with E-state index in [1.165, 1.54) is 77.5 Å². The summed E-state index contributed by atoms with van der Waals surface area (Å²) in [4.78, 5) is 0. The molecule has 0 nitrogen and oxygen atoms in total. The predicted molar refractivity (Wildman–Crippen MR) is 197 cm³/mol. The van der Waals surface area contributed by atoms with E-state index in [9.17, 15) is 0 Å². The molecule has 0 saturated carbocycles. The summed E-state index contributed by atoms with van der Waals surface area (Å²) >= 11 is 0. The van der Waals surface area contributed by atoms with Crippen LogP contribution in [0.25, 0.3) is 77.5 Å². The third-order valence-corrected chi connectivity index (χ3v) is 8.80. The second kappa shape index (κ2) is 12.2. The van der Waals surface area contributed by atoms with Crippen LogP contribution in [-0.4, -0.2) is 0 Å². The van der Waals surface area contributed by atoms with Crippen LogP contribution in [0, 0.1) is 0 Å². The molecule has 0 aliphatic carbocycles. The van der Waals surface area contributed by atoms with E-state index >= 15 is 0 Å². The van der Waals surface area contributed by atoms with E-state index in [1.807, 2.05) is 0 Å². The van der Waals surface area contributed by atoms with Crippen LogP contribution >= 0.6 is 0 Å². The summed E-state index contributed by atoms with van der Waals surface area (Å²) in [6.45, 7) is 0. The minimum Gasteiger partial charge on any atom is -0.0622 e. The molecule has 0 saturated heterocycles. The summed E-state index contributed by atoms with van der Waals surface area (Å²) in [7, 11) is 0. The first-order chi connectivity index (χ1) is 22.8. The second-order valence-electron chi connectivity index (χ2n) is 11.8. The Bertz CT molecular complexity index is 1980. The fraction of sp³-hybridized carbons (Fsp3) is 0. The van der Waals surface area contributed by atoms with Gasteiger partial charge in [0.1, 0.15) is 0 Å². The van der Waals surface area contributed by atoms with Crippen LogP contribution in [0.1, 0.15) is 0 Å². The molecule has 0 spiro atoms. The Morgan fingerprint density at radius 3 is 0.652 bits per heavy atom. The minimum absolute atomic E-state index is 1.22. The summed E-state index contributed by atoms with van der Waals surface area (Å²) in [5.74, 6) is 0. The Kier molecular flexibility index (Phi) is 7.30. The van der Waals surface area contributed by atoms with E-state index in [0.29, 0.717) is 0 Å². The van der Waals surface area contributed by atoms with Gasteiger partial charge < -0.3 is 0 Å². The Labute approximate surface area is 270 Å². The first-order valence-corrected chi connectivity index (χ1v) is 15.8. The van der Waals surface area contributed by atoms with Crippen molar-refractivity contribution in [3.8, 4) is 66.8 Å². The molecule has 0 amide bonds. The molecular weight excluding hydrogens is 553 g/mol. The minimum atomic E-state index is 1.22. The van der Waals surface area contributed by atoms with Crippen molar-refractivity contribution in [1.29, 1.82) is 0 Å². The molecule has 0 bridgehead atoms. The molecule has 8 aromatic rings. The van der Waals surface area contributed by atoms with Crippen molar-refractivity contribution in [3.05, 3.63) is 194 Å². The van der Waals surface area contributed by atoms with Crippen molar-refractivity contribution >= 4 is 10.8 Å². The van der Waals surface area contributed by atoms with Crippen molar-refractivity contribution in [3.63, 3.8) is 0 Å². The van der Waals surface area contributed by atoms with Gasteiger partial charge in [-0.25, -0.2) is 0 Å². The molecule has 216 valence electrons. The zero-order valence-electron chi connectivity index (χ0n) is 25.5. The summed E-state index contributed by atoms with van der Waals surface area (Å²) < 4.78 is 0. The first kappa shape index (κ1) is 27.6. The predicted octanol–water partition coefficient (Wildman–Crippen LogP) is 12.8. The molecule has 8 rings (SSSR count). The number of hydrogen-bond donors (Lipinski definition) is 0. The van der Waals surface area contributed by atoms with E-state index in [1.54, 1.807) is 0 Å². The van der Waals surface area contributed by atoms with Crippen LogP contribution < -0.4 is 0 Å². The van der Waals surface area contributed by atoms with E-state index < -0.39 is 0 Å². The van der Waals surface area contributed by atoms with Gasteiger partial charge in [-0.1, -0.05) is 146 Å². The standard InChI is InChI=1S/C46H32/c1-5-13-33(14-6-1)41-27-42(34-15-7-2-8-16-34)30-45(29-41)39-23-21-38-26-40(24-22-37(38)25-39)46-31-43(35-17-9-3-10-18-35)28-44(32-46)36-19-11-4-12-20-36/h1-32H. The van der Waals surface area contributed by atoms with Gasteiger partial charge >= 0.3 is 0 Å². The first-order valence-electron chi connectivity index (χ1n) is 15.8. The van der Waals surface area contributed by atoms with Gasteiger partial charge in [-0.05, 0) is 126 Å². The molecule has 0 atom stereocenters. The number of rotatable bonds is 6. The van der Waals surface area contributed by atoms with Gasteiger partial charge in [0, 0.05) is 0 Å². The highest BCUT2D eigenvalue weighted by Gasteiger charge is 2.11. The van der Waals surface area contributed by atoms with Crippen LogP contribution in [0.2, 0.25) is 0 Å². The lowest BCUT2D eigenvalue weighted by Gasteiger charge is -2.13. The lowest BCUT2D eigenvalue weighted by atomic mass is 9.91. The second-order valence-corrected chi connectivity index (χ2v) is 11.8. The maximum absolute atomic E-state index is 2.33. The zero-order valence-corrected chi connectivity index (χ0v) is 25.5. The van der Waals surface area contributed by atoms with E-state index in [2.05, 4.69) is 194 Å². The van der Waals surface area contributed by atoms with E-state index in [0.717, 1.165) is 0 Å². The normalized spacial score (nSPS) is 11.0. The molecule has 0 aliphatic rings.